The Morgan fingerprint density at radius 2 is 2.05 bits per heavy atom. The zero-order chi connectivity index (χ0) is 12.9. The van der Waals surface area contributed by atoms with Crippen molar-refractivity contribution in [2.75, 3.05) is 19.6 Å². The molecule has 19 heavy (non-hydrogen) atoms. The fraction of sp³-hybridized carbons (Fsp3) is 0.938. The van der Waals surface area contributed by atoms with Gasteiger partial charge in [-0.25, -0.2) is 0 Å². The van der Waals surface area contributed by atoms with Crippen LogP contribution in [0.5, 0.6) is 0 Å². The third-order valence-corrected chi connectivity index (χ3v) is 6.27. The van der Waals surface area contributed by atoms with E-state index in [0.29, 0.717) is 5.91 Å². The molecule has 0 radical (unpaired) electrons. The van der Waals surface area contributed by atoms with E-state index in [-0.39, 0.29) is 5.54 Å². The van der Waals surface area contributed by atoms with Crippen LogP contribution in [0.25, 0.3) is 0 Å². The van der Waals surface area contributed by atoms with Crippen molar-refractivity contribution in [1.82, 2.24) is 10.2 Å². The van der Waals surface area contributed by atoms with E-state index in [1.54, 1.807) is 0 Å². The minimum absolute atomic E-state index is 0.277. The van der Waals surface area contributed by atoms with E-state index in [1.807, 2.05) is 0 Å². The van der Waals surface area contributed by atoms with Crippen LogP contribution >= 0.6 is 0 Å². The van der Waals surface area contributed by atoms with Gasteiger partial charge in [0.2, 0.25) is 5.91 Å². The lowest BCUT2D eigenvalue weighted by molar-refractivity contribution is -0.145. The molecule has 106 valence electrons. The van der Waals surface area contributed by atoms with Crippen molar-refractivity contribution in [2.24, 2.45) is 17.8 Å². The van der Waals surface area contributed by atoms with Gasteiger partial charge in [0.1, 0.15) is 0 Å². The maximum atomic E-state index is 12.6. The number of hydrogen-bond donors (Lipinski definition) is 1. The van der Waals surface area contributed by atoms with Crippen LogP contribution in [0.1, 0.15) is 51.4 Å². The Hall–Kier alpha value is -0.570. The molecule has 1 amide bonds. The number of likely N-dealkylation sites (tertiary alicyclic amines) is 1. The van der Waals surface area contributed by atoms with Crippen molar-refractivity contribution in [3.63, 3.8) is 0 Å². The van der Waals surface area contributed by atoms with Gasteiger partial charge >= 0.3 is 0 Å². The van der Waals surface area contributed by atoms with Gasteiger partial charge in [-0.3, -0.25) is 4.79 Å². The van der Waals surface area contributed by atoms with Gasteiger partial charge in [-0.05, 0) is 69.2 Å². The molecule has 4 fully saturated rings. The molecule has 3 unspecified atom stereocenters. The molecule has 2 saturated carbocycles. The quantitative estimate of drug-likeness (QED) is 0.845. The summed E-state index contributed by atoms with van der Waals surface area (Å²) in [5.74, 6) is 2.76. The second-order valence-electron chi connectivity index (χ2n) is 7.25. The lowest BCUT2D eigenvalue weighted by Crippen LogP contribution is -2.63. The molecule has 2 aliphatic heterocycles. The third-order valence-electron chi connectivity index (χ3n) is 6.27. The van der Waals surface area contributed by atoms with Crippen molar-refractivity contribution in [3.05, 3.63) is 0 Å². The molecule has 0 aromatic rings. The van der Waals surface area contributed by atoms with Crippen LogP contribution in [-0.4, -0.2) is 36.0 Å². The maximum Gasteiger partial charge on any atom is 0.223 e. The van der Waals surface area contributed by atoms with E-state index >= 15 is 0 Å². The molecule has 0 spiro atoms. The summed E-state index contributed by atoms with van der Waals surface area (Å²) in [5.41, 5.74) is 0.277. The predicted octanol–water partition coefficient (Wildman–Crippen LogP) is 2.17. The Kier molecular flexibility index (Phi) is 2.87. The van der Waals surface area contributed by atoms with Gasteiger partial charge in [-0.1, -0.05) is 0 Å². The van der Waals surface area contributed by atoms with Crippen molar-refractivity contribution < 1.29 is 4.79 Å². The van der Waals surface area contributed by atoms with Crippen molar-refractivity contribution in [2.45, 2.75) is 56.9 Å². The first-order valence-electron chi connectivity index (χ1n) is 8.32. The second kappa shape index (κ2) is 4.47. The highest BCUT2D eigenvalue weighted by Gasteiger charge is 2.60. The summed E-state index contributed by atoms with van der Waals surface area (Å²) in [5, 5.41) is 3.57. The Bertz CT molecular complexity index is 373. The molecule has 2 aliphatic carbocycles. The number of hydrogen-bond acceptors (Lipinski definition) is 2. The van der Waals surface area contributed by atoms with Gasteiger partial charge in [-0.15, -0.1) is 0 Å². The number of fused-ring (bicyclic) bond motifs is 1. The molecule has 4 rings (SSSR count). The Balaban J connectivity index is 1.53. The SMILES string of the molecule is O=C(CC1CC1)N1CCC2CCC21C1CCCNC1. The largest absolute Gasteiger partial charge is 0.336 e. The highest BCUT2D eigenvalue weighted by atomic mass is 16.2. The van der Waals surface area contributed by atoms with Gasteiger partial charge in [-0.2, -0.15) is 0 Å². The predicted molar refractivity (Wildman–Crippen MR) is 74.7 cm³/mol. The first-order chi connectivity index (χ1) is 9.30. The lowest BCUT2D eigenvalue weighted by atomic mass is 9.59. The third kappa shape index (κ3) is 1.84. The van der Waals surface area contributed by atoms with Crippen molar-refractivity contribution >= 4 is 5.91 Å². The van der Waals surface area contributed by atoms with Crippen LogP contribution in [0, 0.1) is 17.8 Å². The van der Waals surface area contributed by atoms with E-state index in [4.69, 9.17) is 0 Å². The van der Waals surface area contributed by atoms with Gasteiger partial charge in [0.15, 0.2) is 0 Å². The molecular weight excluding hydrogens is 236 g/mol. The van der Waals surface area contributed by atoms with Crippen LogP contribution < -0.4 is 5.32 Å². The molecule has 0 aromatic carbocycles. The number of carbonyl (C=O) groups excluding carboxylic acids is 1. The van der Waals surface area contributed by atoms with E-state index in [0.717, 1.165) is 37.3 Å². The molecule has 0 aromatic heterocycles. The summed E-state index contributed by atoms with van der Waals surface area (Å²) < 4.78 is 0. The van der Waals surface area contributed by atoms with Crippen molar-refractivity contribution in [1.29, 1.82) is 0 Å². The minimum atomic E-state index is 0.277. The molecule has 3 atom stereocenters. The van der Waals surface area contributed by atoms with E-state index in [2.05, 4.69) is 10.2 Å². The summed E-state index contributed by atoms with van der Waals surface area (Å²) >= 11 is 0. The summed E-state index contributed by atoms with van der Waals surface area (Å²) in [7, 11) is 0. The zero-order valence-electron chi connectivity index (χ0n) is 11.9. The van der Waals surface area contributed by atoms with E-state index < -0.39 is 0 Å². The second-order valence-corrected chi connectivity index (χ2v) is 7.25. The molecule has 3 heteroatoms. The highest BCUT2D eigenvalue weighted by molar-refractivity contribution is 5.78. The van der Waals surface area contributed by atoms with Crippen LogP contribution in [-0.2, 0) is 4.79 Å². The van der Waals surface area contributed by atoms with Crippen LogP contribution in [0.3, 0.4) is 0 Å². The summed E-state index contributed by atoms with van der Waals surface area (Å²) in [6, 6.07) is 0. The molecular formula is C16H26N2O. The first-order valence-corrected chi connectivity index (χ1v) is 8.32. The van der Waals surface area contributed by atoms with Crippen LogP contribution in [0.15, 0.2) is 0 Å². The molecule has 2 saturated heterocycles. The average Bonchev–Trinajstić information content (AvgIpc) is 3.17. The van der Waals surface area contributed by atoms with Crippen LogP contribution in [0.4, 0.5) is 0 Å². The summed E-state index contributed by atoms with van der Waals surface area (Å²) in [6.07, 6.45) is 9.97. The monoisotopic (exact) mass is 262 g/mol. The number of carbonyl (C=O) groups is 1. The van der Waals surface area contributed by atoms with Gasteiger partial charge in [0.25, 0.3) is 0 Å². The van der Waals surface area contributed by atoms with Crippen LogP contribution in [0.2, 0.25) is 0 Å². The number of nitrogens with one attached hydrogen (secondary N) is 1. The normalized spacial score (nSPS) is 41.8. The molecule has 2 heterocycles. The smallest absolute Gasteiger partial charge is 0.223 e. The zero-order valence-corrected chi connectivity index (χ0v) is 11.9. The van der Waals surface area contributed by atoms with E-state index in [1.165, 1.54) is 51.5 Å². The Labute approximate surface area is 116 Å². The molecule has 1 N–H and O–H groups in total. The minimum Gasteiger partial charge on any atom is -0.336 e. The highest BCUT2D eigenvalue weighted by Crippen LogP contribution is 2.56. The number of rotatable bonds is 3. The topological polar surface area (TPSA) is 32.3 Å². The fourth-order valence-electron chi connectivity index (χ4n) is 4.96. The lowest BCUT2D eigenvalue weighted by Gasteiger charge is -2.56. The molecule has 3 nitrogen and oxygen atoms in total. The summed E-state index contributed by atoms with van der Waals surface area (Å²) in [4.78, 5) is 15.0. The first kappa shape index (κ1) is 12.2. The number of piperidine rings is 1. The van der Waals surface area contributed by atoms with Gasteiger partial charge in [0.05, 0.1) is 0 Å². The van der Waals surface area contributed by atoms with E-state index in [9.17, 15) is 4.79 Å². The Morgan fingerprint density at radius 3 is 2.68 bits per heavy atom. The fourth-order valence-corrected chi connectivity index (χ4v) is 4.96. The molecule has 0 bridgehead atoms. The summed E-state index contributed by atoms with van der Waals surface area (Å²) in [6.45, 7) is 3.36. The average molecular weight is 262 g/mol. The number of nitrogens with zero attached hydrogens (tertiary/aromatic N) is 1. The standard InChI is InChI=1S/C16H26N2O/c19-15(10-12-3-4-12)18-9-6-13-5-7-16(13,18)14-2-1-8-17-11-14/h12-14,17H,1-11H2. The Morgan fingerprint density at radius 1 is 1.16 bits per heavy atom. The van der Waals surface area contributed by atoms with Gasteiger partial charge in [0, 0.05) is 25.0 Å². The number of amides is 1. The van der Waals surface area contributed by atoms with Gasteiger partial charge < -0.3 is 10.2 Å². The molecule has 4 aliphatic rings. The maximum absolute atomic E-state index is 12.6. The van der Waals surface area contributed by atoms with Crippen molar-refractivity contribution in [3.8, 4) is 0 Å².